The van der Waals surface area contributed by atoms with E-state index >= 15 is 0 Å². The molecule has 98 valence electrons. The van der Waals surface area contributed by atoms with Crippen molar-refractivity contribution < 1.29 is 4.39 Å². The van der Waals surface area contributed by atoms with Crippen molar-refractivity contribution in [1.82, 2.24) is 10.3 Å². The summed E-state index contributed by atoms with van der Waals surface area (Å²) in [6.07, 6.45) is 3.94. The SMILES string of the molecule is Fc1ccc(CNC2CCc3cccnc32)cc1Cl. The third-order valence-electron chi connectivity index (χ3n) is 3.50. The summed E-state index contributed by atoms with van der Waals surface area (Å²) in [7, 11) is 0. The molecule has 0 spiro atoms. The van der Waals surface area contributed by atoms with Crippen molar-refractivity contribution in [3.8, 4) is 0 Å². The largest absolute Gasteiger partial charge is 0.304 e. The number of pyridine rings is 1. The molecule has 4 heteroatoms. The third kappa shape index (κ3) is 2.62. The first-order valence-corrected chi connectivity index (χ1v) is 6.73. The van der Waals surface area contributed by atoms with Crippen LogP contribution in [0.15, 0.2) is 36.5 Å². The number of halogens is 2. The Labute approximate surface area is 116 Å². The van der Waals surface area contributed by atoms with E-state index in [1.54, 1.807) is 12.1 Å². The van der Waals surface area contributed by atoms with Gasteiger partial charge in [-0.3, -0.25) is 4.98 Å². The molecule has 0 radical (unpaired) electrons. The maximum atomic E-state index is 13.1. The van der Waals surface area contributed by atoms with E-state index in [0.29, 0.717) is 6.54 Å². The molecule has 0 fully saturated rings. The predicted octanol–water partition coefficient (Wildman–Crippen LogP) is 3.65. The summed E-state index contributed by atoms with van der Waals surface area (Å²) >= 11 is 5.78. The molecule has 1 aromatic heterocycles. The molecule has 0 bridgehead atoms. The maximum absolute atomic E-state index is 13.1. The van der Waals surface area contributed by atoms with Crippen molar-refractivity contribution in [1.29, 1.82) is 0 Å². The van der Waals surface area contributed by atoms with Crippen LogP contribution < -0.4 is 5.32 Å². The van der Waals surface area contributed by atoms with E-state index in [9.17, 15) is 4.39 Å². The standard InChI is InChI=1S/C15H14ClFN2/c16-12-8-10(3-5-13(12)17)9-19-14-6-4-11-2-1-7-18-15(11)14/h1-3,5,7-8,14,19H,4,6,9H2. The van der Waals surface area contributed by atoms with E-state index < -0.39 is 0 Å². The topological polar surface area (TPSA) is 24.9 Å². The molecular formula is C15H14ClFN2. The van der Waals surface area contributed by atoms with Crippen LogP contribution >= 0.6 is 11.6 Å². The van der Waals surface area contributed by atoms with Gasteiger partial charge in [-0.15, -0.1) is 0 Å². The maximum Gasteiger partial charge on any atom is 0.141 e. The van der Waals surface area contributed by atoms with Crippen LogP contribution in [0, 0.1) is 5.82 Å². The van der Waals surface area contributed by atoms with Crippen LogP contribution in [0.4, 0.5) is 4.39 Å². The molecule has 19 heavy (non-hydrogen) atoms. The quantitative estimate of drug-likeness (QED) is 0.926. The van der Waals surface area contributed by atoms with Crippen molar-refractivity contribution in [3.05, 3.63) is 64.2 Å². The van der Waals surface area contributed by atoms with Gasteiger partial charge >= 0.3 is 0 Å². The second-order valence-corrected chi connectivity index (χ2v) is 5.18. The zero-order chi connectivity index (χ0) is 13.2. The lowest BCUT2D eigenvalue weighted by atomic mass is 10.2. The molecule has 0 amide bonds. The second-order valence-electron chi connectivity index (χ2n) is 4.77. The number of fused-ring (bicyclic) bond motifs is 1. The molecule has 0 aliphatic heterocycles. The van der Waals surface area contributed by atoms with Gasteiger partial charge in [0.05, 0.1) is 16.8 Å². The molecule has 1 heterocycles. The normalized spacial score (nSPS) is 17.5. The summed E-state index contributed by atoms with van der Waals surface area (Å²) in [5, 5.41) is 3.63. The molecule has 2 nitrogen and oxygen atoms in total. The van der Waals surface area contributed by atoms with Gasteiger partial charge in [0.25, 0.3) is 0 Å². The van der Waals surface area contributed by atoms with Crippen LogP contribution in [0.5, 0.6) is 0 Å². The van der Waals surface area contributed by atoms with Crippen molar-refractivity contribution in [2.24, 2.45) is 0 Å². The van der Waals surface area contributed by atoms with Crippen LogP contribution in [-0.2, 0) is 13.0 Å². The first kappa shape index (κ1) is 12.6. The Morgan fingerprint density at radius 1 is 1.37 bits per heavy atom. The molecule has 1 aliphatic rings. The molecular weight excluding hydrogens is 263 g/mol. The summed E-state index contributed by atoms with van der Waals surface area (Å²) in [4.78, 5) is 4.44. The Morgan fingerprint density at radius 2 is 2.26 bits per heavy atom. The van der Waals surface area contributed by atoms with E-state index in [-0.39, 0.29) is 16.9 Å². The summed E-state index contributed by atoms with van der Waals surface area (Å²) in [6.45, 7) is 0.667. The minimum Gasteiger partial charge on any atom is -0.304 e. The predicted molar refractivity (Wildman–Crippen MR) is 73.5 cm³/mol. The Kier molecular flexibility index (Phi) is 3.49. The van der Waals surface area contributed by atoms with Crippen LogP contribution in [0.3, 0.4) is 0 Å². The summed E-state index contributed by atoms with van der Waals surface area (Å²) in [5.74, 6) is -0.377. The van der Waals surface area contributed by atoms with E-state index in [1.807, 2.05) is 12.3 Å². The van der Waals surface area contributed by atoms with Crippen LogP contribution in [0.25, 0.3) is 0 Å². The van der Waals surface area contributed by atoms with Gasteiger partial charge in [0.1, 0.15) is 5.82 Å². The number of benzene rings is 1. The number of aryl methyl sites for hydroxylation is 1. The number of aromatic nitrogens is 1. The zero-order valence-electron chi connectivity index (χ0n) is 10.4. The highest BCUT2D eigenvalue weighted by Gasteiger charge is 2.22. The number of hydrogen-bond donors (Lipinski definition) is 1. The first-order chi connectivity index (χ1) is 9.24. The number of nitrogens with one attached hydrogen (secondary N) is 1. The highest BCUT2D eigenvalue weighted by molar-refractivity contribution is 6.30. The molecule has 3 rings (SSSR count). The highest BCUT2D eigenvalue weighted by atomic mass is 35.5. The fraction of sp³-hybridized carbons (Fsp3) is 0.267. The van der Waals surface area contributed by atoms with E-state index in [0.717, 1.165) is 24.1 Å². The Balaban J connectivity index is 1.69. The fourth-order valence-electron chi connectivity index (χ4n) is 2.50. The molecule has 0 saturated heterocycles. The van der Waals surface area contributed by atoms with Gasteiger partial charge in [-0.1, -0.05) is 23.7 Å². The second kappa shape index (κ2) is 5.27. The minimum absolute atomic E-state index is 0.171. The summed E-state index contributed by atoms with van der Waals surface area (Å²) < 4.78 is 13.1. The number of rotatable bonds is 3. The fourth-order valence-corrected chi connectivity index (χ4v) is 2.71. The van der Waals surface area contributed by atoms with E-state index in [1.165, 1.54) is 11.6 Å². The molecule has 1 atom stereocenters. The zero-order valence-corrected chi connectivity index (χ0v) is 11.1. The molecule has 0 saturated carbocycles. The average molecular weight is 277 g/mol. The average Bonchev–Trinajstić information content (AvgIpc) is 2.83. The first-order valence-electron chi connectivity index (χ1n) is 6.35. The Bertz CT molecular complexity index is 600. The van der Waals surface area contributed by atoms with Gasteiger partial charge in [-0.05, 0) is 42.2 Å². The Hall–Kier alpha value is -1.45. The molecule has 1 aromatic carbocycles. The monoisotopic (exact) mass is 276 g/mol. The Morgan fingerprint density at radius 3 is 3.11 bits per heavy atom. The van der Waals surface area contributed by atoms with Crippen molar-refractivity contribution in [2.75, 3.05) is 0 Å². The lowest BCUT2D eigenvalue weighted by Crippen LogP contribution is -2.19. The minimum atomic E-state index is -0.377. The lowest BCUT2D eigenvalue weighted by Gasteiger charge is -2.13. The summed E-state index contributed by atoms with van der Waals surface area (Å²) in [6, 6.07) is 9.20. The van der Waals surface area contributed by atoms with Crippen molar-refractivity contribution in [3.63, 3.8) is 0 Å². The van der Waals surface area contributed by atoms with Gasteiger partial charge in [-0.2, -0.15) is 0 Å². The van der Waals surface area contributed by atoms with Gasteiger partial charge in [-0.25, -0.2) is 4.39 Å². The van der Waals surface area contributed by atoms with Crippen LogP contribution in [0.1, 0.15) is 29.3 Å². The van der Waals surface area contributed by atoms with Gasteiger partial charge in [0.15, 0.2) is 0 Å². The van der Waals surface area contributed by atoms with Gasteiger partial charge in [0.2, 0.25) is 0 Å². The van der Waals surface area contributed by atoms with Gasteiger partial charge < -0.3 is 5.32 Å². The number of nitrogens with zero attached hydrogens (tertiary/aromatic N) is 1. The lowest BCUT2D eigenvalue weighted by molar-refractivity contribution is 0.520. The summed E-state index contributed by atoms with van der Waals surface area (Å²) in [5.41, 5.74) is 3.43. The van der Waals surface area contributed by atoms with Crippen LogP contribution in [0.2, 0.25) is 5.02 Å². The van der Waals surface area contributed by atoms with E-state index in [2.05, 4.69) is 16.4 Å². The van der Waals surface area contributed by atoms with Crippen molar-refractivity contribution in [2.45, 2.75) is 25.4 Å². The number of hydrogen-bond acceptors (Lipinski definition) is 2. The molecule has 1 N–H and O–H groups in total. The van der Waals surface area contributed by atoms with Crippen molar-refractivity contribution >= 4 is 11.6 Å². The van der Waals surface area contributed by atoms with Gasteiger partial charge in [0, 0.05) is 12.7 Å². The van der Waals surface area contributed by atoms with E-state index in [4.69, 9.17) is 11.6 Å². The third-order valence-corrected chi connectivity index (χ3v) is 3.78. The molecule has 2 aromatic rings. The van der Waals surface area contributed by atoms with Crippen LogP contribution in [-0.4, -0.2) is 4.98 Å². The molecule has 1 aliphatic carbocycles. The molecule has 1 unspecified atom stereocenters. The smallest absolute Gasteiger partial charge is 0.141 e. The highest BCUT2D eigenvalue weighted by Crippen LogP contribution is 2.29.